The zero-order valence-corrected chi connectivity index (χ0v) is 11.8. The molecule has 1 heterocycles. The van der Waals surface area contributed by atoms with E-state index in [-0.39, 0.29) is 22.9 Å². The predicted molar refractivity (Wildman–Crippen MR) is 73.8 cm³/mol. The minimum absolute atomic E-state index is 0.00306. The number of amides is 1. The van der Waals surface area contributed by atoms with Crippen LogP contribution >= 0.6 is 0 Å². The SMILES string of the molecule is O=C(COc1ccccc1[N+](=O)[O-])NC1CCS(=O)(=O)C1. The average molecular weight is 314 g/mol. The van der Waals surface area contributed by atoms with E-state index in [0.29, 0.717) is 6.42 Å². The number of carbonyl (C=O) groups excluding carboxylic acids is 1. The first-order valence-corrected chi connectivity index (χ1v) is 8.05. The maximum absolute atomic E-state index is 11.7. The molecular weight excluding hydrogens is 300 g/mol. The van der Waals surface area contributed by atoms with Gasteiger partial charge in [-0.3, -0.25) is 14.9 Å². The van der Waals surface area contributed by atoms with E-state index >= 15 is 0 Å². The Bertz CT molecular complexity index is 657. The van der Waals surface area contributed by atoms with Gasteiger partial charge in [0.1, 0.15) is 0 Å². The van der Waals surface area contributed by atoms with Crippen molar-refractivity contribution >= 4 is 21.4 Å². The number of nitrogens with zero attached hydrogens (tertiary/aromatic N) is 1. The number of hydrogen-bond donors (Lipinski definition) is 1. The Kier molecular flexibility index (Phi) is 4.41. The molecule has 1 unspecified atom stereocenters. The van der Waals surface area contributed by atoms with Crippen LogP contribution in [0.4, 0.5) is 5.69 Å². The Balaban J connectivity index is 1.89. The van der Waals surface area contributed by atoms with Crippen LogP contribution in [0.3, 0.4) is 0 Å². The minimum atomic E-state index is -3.07. The summed E-state index contributed by atoms with van der Waals surface area (Å²) in [7, 11) is -3.07. The third-order valence-electron chi connectivity index (χ3n) is 3.02. The fraction of sp³-hybridized carbons (Fsp3) is 0.417. The Morgan fingerprint density at radius 3 is 2.76 bits per heavy atom. The number of ether oxygens (including phenoxy) is 1. The van der Waals surface area contributed by atoms with E-state index in [1.165, 1.54) is 18.2 Å². The third kappa shape index (κ3) is 4.15. The van der Waals surface area contributed by atoms with Crippen molar-refractivity contribution < 1.29 is 22.9 Å². The second kappa shape index (κ2) is 6.08. The largest absolute Gasteiger partial charge is 0.477 e. The Hall–Kier alpha value is -2.16. The number of carbonyl (C=O) groups is 1. The molecule has 1 aliphatic heterocycles. The lowest BCUT2D eigenvalue weighted by Gasteiger charge is -2.11. The van der Waals surface area contributed by atoms with Gasteiger partial charge in [0.15, 0.2) is 22.2 Å². The van der Waals surface area contributed by atoms with Gasteiger partial charge in [-0.25, -0.2) is 8.42 Å². The summed E-state index contributed by atoms with van der Waals surface area (Å²) in [5.74, 6) is -0.528. The van der Waals surface area contributed by atoms with Crippen molar-refractivity contribution in [3.8, 4) is 5.75 Å². The van der Waals surface area contributed by atoms with Gasteiger partial charge in [0.25, 0.3) is 5.91 Å². The van der Waals surface area contributed by atoms with E-state index in [1.54, 1.807) is 6.07 Å². The van der Waals surface area contributed by atoms with Crippen molar-refractivity contribution in [2.75, 3.05) is 18.1 Å². The highest BCUT2D eigenvalue weighted by Crippen LogP contribution is 2.25. The van der Waals surface area contributed by atoms with E-state index in [9.17, 15) is 23.3 Å². The number of nitro groups is 1. The number of rotatable bonds is 5. The first-order chi connectivity index (χ1) is 9.87. The number of sulfone groups is 1. The summed E-state index contributed by atoms with van der Waals surface area (Å²) in [6.45, 7) is -0.401. The Labute approximate surface area is 121 Å². The van der Waals surface area contributed by atoms with Gasteiger partial charge in [0, 0.05) is 12.1 Å². The number of nitrogens with one attached hydrogen (secondary N) is 1. The molecule has 1 N–H and O–H groups in total. The fourth-order valence-electron chi connectivity index (χ4n) is 2.05. The molecule has 1 aromatic carbocycles. The van der Waals surface area contributed by atoms with Gasteiger partial charge >= 0.3 is 5.69 Å². The van der Waals surface area contributed by atoms with Gasteiger partial charge in [-0.15, -0.1) is 0 Å². The zero-order valence-electron chi connectivity index (χ0n) is 11.0. The maximum atomic E-state index is 11.7. The van der Waals surface area contributed by atoms with E-state index in [4.69, 9.17) is 4.74 Å². The molecule has 9 heteroatoms. The molecule has 1 aliphatic rings. The first-order valence-electron chi connectivity index (χ1n) is 6.23. The number of hydrogen-bond acceptors (Lipinski definition) is 6. The molecule has 8 nitrogen and oxygen atoms in total. The molecule has 0 spiro atoms. The van der Waals surface area contributed by atoms with Crippen molar-refractivity contribution in [3.05, 3.63) is 34.4 Å². The number of benzene rings is 1. The highest BCUT2D eigenvalue weighted by molar-refractivity contribution is 7.91. The van der Waals surface area contributed by atoms with Crippen LogP contribution in [0.2, 0.25) is 0 Å². The lowest BCUT2D eigenvalue weighted by atomic mass is 10.2. The highest BCUT2D eigenvalue weighted by atomic mass is 32.2. The minimum Gasteiger partial charge on any atom is -0.477 e. The molecule has 21 heavy (non-hydrogen) atoms. The van der Waals surface area contributed by atoms with Gasteiger partial charge in [-0.2, -0.15) is 0 Å². The molecule has 1 amide bonds. The molecule has 0 radical (unpaired) electrons. The van der Waals surface area contributed by atoms with Gasteiger partial charge in [0.2, 0.25) is 0 Å². The van der Waals surface area contributed by atoms with E-state index in [0.717, 1.165) is 0 Å². The normalized spacial score (nSPS) is 19.9. The number of nitro benzene ring substituents is 1. The van der Waals surface area contributed by atoms with Crippen LogP contribution in [0.5, 0.6) is 5.75 Å². The van der Waals surface area contributed by atoms with E-state index < -0.39 is 33.3 Å². The molecule has 0 aromatic heterocycles. The lowest BCUT2D eigenvalue weighted by molar-refractivity contribution is -0.385. The van der Waals surface area contributed by atoms with Gasteiger partial charge in [0.05, 0.1) is 16.4 Å². The first kappa shape index (κ1) is 15.2. The molecule has 2 rings (SSSR count). The molecule has 0 aliphatic carbocycles. The smallest absolute Gasteiger partial charge is 0.310 e. The fourth-order valence-corrected chi connectivity index (χ4v) is 3.72. The van der Waals surface area contributed by atoms with Crippen LogP contribution in [-0.4, -0.2) is 43.4 Å². The highest BCUT2D eigenvalue weighted by Gasteiger charge is 2.29. The van der Waals surface area contributed by atoms with Gasteiger partial charge < -0.3 is 10.1 Å². The molecular formula is C12H14N2O6S. The molecule has 1 atom stereocenters. The van der Waals surface area contributed by atoms with Crippen LogP contribution in [-0.2, 0) is 14.6 Å². The van der Waals surface area contributed by atoms with Crippen molar-refractivity contribution in [2.24, 2.45) is 0 Å². The summed E-state index contributed by atoms with van der Waals surface area (Å²) in [6.07, 6.45) is 0.375. The van der Waals surface area contributed by atoms with Crippen molar-refractivity contribution in [1.29, 1.82) is 0 Å². The maximum Gasteiger partial charge on any atom is 0.310 e. The lowest BCUT2D eigenvalue weighted by Crippen LogP contribution is -2.38. The van der Waals surface area contributed by atoms with Crippen LogP contribution in [0.15, 0.2) is 24.3 Å². The van der Waals surface area contributed by atoms with E-state index in [1.807, 2.05) is 0 Å². The molecule has 0 saturated carbocycles. The molecule has 114 valence electrons. The average Bonchev–Trinajstić information content (AvgIpc) is 2.75. The van der Waals surface area contributed by atoms with E-state index in [2.05, 4.69) is 5.32 Å². The topological polar surface area (TPSA) is 116 Å². The van der Waals surface area contributed by atoms with Gasteiger partial charge in [-0.1, -0.05) is 12.1 Å². The summed E-state index contributed by atoms with van der Waals surface area (Å²) in [5.41, 5.74) is -0.228. The molecule has 1 fully saturated rings. The second-order valence-corrected chi connectivity index (χ2v) is 6.91. The van der Waals surface area contributed by atoms with Crippen LogP contribution < -0.4 is 10.1 Å². The third-order valence-corrected chi connectivity index (χ3v) is 4.79. The summed E-state index contributed by atoms with van der Waals surface area (Å²) < 4.78 is 27.6. The standard InChI is InChI=1S/C12H14N2O6S/c15-12(13-9-5-6-21(18,19)8-9)7-20-11-4-2-1-3-10(11)14(16)17/h1-4,9H,5-8H2,(H,13,15). The summed E-state index contributed by atoms with van der Waals surface area (Å²) in [5, 5.41) is 13.3. The zero-order chi connectivity index (χ0) is 15.5. The van der Waals surface area contributed by atoms with Crippen LogP contribution in [0, 0.1) is 10.1 Å². The number of para-hydroxylation sites is 2. The summed E-state index contributed by atoms with van der Waals surface area (Å²) >= 11 is 0. The molecule has 1 saturated heterocycles. The predicted octanol–water partition coefficient (Wildman–Crippen LogP) is 0.277. The van der Waals surface area contributed by atoms with Gasteiger partial charge in [-0.05, 0) is 12.5 Å². The quantitative estimate of drug-likeness (QED) is 0.616. The van der Waals surface area contributed by atoms with Crippen LogP contribution in [0.1, 0.15) is 6.42 Å². The second-order valence-electron chi connectivity index (χ2n) is 4.68. The molecule has 0 bridgehead atoms. The Morgan fingerprint density at radius 1 is 1.43 bits per heavy atom. The van der Waals surface area contributed by atoms with Crippen LogP contribution in [0.25, 0.3) is 0 Å². The summed E-state index contributed by atoms with van der Waals surface area (Å²) in [4.78, 5) is 21.8. The van der Waals surface area contributed by atoms with Crippen molar-refractivity contribution in [2.45, 2.75) is 12.5 Å². The van der Waals surface area contributed by atoms with Crippen molar-refractivity contribution in [3.63, 3.8) is 0 Å². The monoisotopic (exact) mass is 314 g/mol. The Morgan fingerprint density at radius 2 is 2.14 bits per heavy atom. The summed E-state index contributed by atoms with van der Waals surface area (Å²) in [6, 6.07) is 5.30. The van der Waals surface area contributed by atoms with Crippen molar-refractivity contribution in [1.82, 2.24) is 5.32 Å². The molecule has 1 aromatic rings.